The first-order chi connectivity index (χ1) is 20.2. The molecule has 0 aromatic heterocycles. The van der Waals surface area contributed by atoms with Gasteiger partial charge in [0.25, 0.3) is 0 Å². The third kappa shape index (κ3) is 10.1. The fourth-order valence-corrected chi connectivity index (χ4v) is 10.0. The first-order valence-electron chi connectivity index (χ1n) is 17.8. The predicted octanol–water partition coefficient (Wildman–Crippen LogP) is 6.16. The maximum Gasteiger partial charge on any atom is 0.208 e. The monoisotopic (exact) mass is 610 g/mol. The molecule has 0 aromatic rings. The molecule has 1 aliphatic heterocycles. The molecule has 1 heterocycles. The van der Waals surface area contributed by atoms with Gasteiger partial charge >= 0.3 is 0 Å². The van der Waals surface area contributed by atoms with Gasteiger partial charge in [-0.2, -0.15) is 0 Å². The van der Waals surface area contributed by atoms with Gasteiger partial charge in [0.2, 0.25) is 10.0 Å². The summed E-state index contributed by atoms with van der Waals surface area (Å²) in [6.07, 6.45) is 21.8. The van der Waals surface area contributed by atoms with Crippen molar-refractivity contribution in [3.05, 3.63) is 0 Å². The average Bonchev–Trinajstić information content (AvgIpc) is 3.47. The average molecular weight is 611 g/mol. The number of ether oxygens (including phenoxy) is 3. The van der Waals surface area contributed by atoms with Crippen molar-refractivity contribution in [2.45, 2.75) is 147 Å². The number of rotatable bonds is 12. The van der Waals surface area contributed by atoms with E-state index in [1.807, 2.05) is 0 Å². The normalized spacial score (nSPS) is 40.4. The van der Waals surface area contributed by atoms with Crippen molar-refractivity contribution in [2.75, 3.05) is 39.2 Å². The summed E-state index contributed by atoms with van der Waals surface area (Å²) >= 11 is 0. The van der Waals surface area contributed by atoms with Crippen LogP contribution in [0.5, 0.6) is 0 Å². The Hall–Kier alpha value is -0.250. The molecule has 0 aromatic carbocycles. The van der Waals surface area contributed by atoms with E-state index in [-0.39, 0.29) is 6.04 Å². The Kier molecular flexibility index (Phi) is 12.5. The molecule has 42 heavy (non-hydrogen) atoms. The SMILES string of the molecule is CC1CCCC(CN(CC2CCC(OC3CCCC(OCC4CCOC4)C3)CC2)C2CCCC(NS(C)(=O)=O)C2C)C1. The second-order valence-corrected chi connectivity index (χ2v) is 17.0. The molecule has 244 valence electrons. The number of hydrogen-bond acceptors (Lipinski definition) is 6. The first-order valence-corrected chi connectivity index (χ1v) is 19.7. The Morgan fingerprint density at radius 3 is 2.24 bits per heavy atom. The summed E-state index contributed by atoms with van der Waals surface area (Å²) in [6.45, 7) is 9.70. The molecule has 5 fully saturated rings. The smallest absolute Gasteiger partial charge is 0.208 e. The van der Waals surface area contributed by atoms with Crippen molar-refractivity contribution in [1.82, 2.24) is 9.62 Å². The predicted molar refractivity (Wildman–Crippen MR) is 169 cm³/mol. The maximum atomic E-state index is 12.1. The lowest BCUT2D eigenvalue weighted by atomic mass is 9.78. The van der Waals surface area contributed by atoms with Gasteiger partial charge in [-0.1, -0.05) is 33.1 Å². The van der Waals surface area contributed by atoms with Crippen LogP contribution >= 0.6 is 0 Å². The van der Waals surface area contributed by atoms with Gasteiger partial charge in [0.15, 0.2) is 0 Å². The quantitative estimate of drug-likeness (QED) is 0.285. The molecular formula is C34H62N2O5S. The zero-order valence-electron chi connectivity index (χ0n) is 27.0. The molecule has 1 N–H and O–H groups in total. The van der Waals surface area contributed by atoms with Crippen LogP contribution in [0.25, 0.3) is 0 Å². The zero-order valence-corrected chi connectivity index (χ0v) is 27.8. The summed E-state index contributed by atoms with van der Waals surface area (Å²) in [4.78, 5) is 2.84. The molecule has 0 bridgehead atoms. The second-order valence-electron chi connectivity index (χ2n) is 15.2. The fraction of sp³-hybridized carbons (Fsp3) is 1.00. The van der Waals surface area contributed by atoms with E-state index in [0.29, 0.717) is 36.2 Å². The van der Waals surface area contributed by atoms with E-state index >= 15 is 0 Å². The van der Waals surface area contributed by atoms with E-state index < -0.39 is 10.0 Å². The summed E-state index contributed by atoms with van der Waals surface area (Å²) in [7, 11) is -3.19. The Morgan fingerprint density at radius 2 is 1.50 bits per heavy atom. The highest BCUT2D eigenvalue weighted by molar-refractivity contribution is 7.88. The van der Waals surface area contributed by atoms with Gasteiger partial charge in [0, 0.05) is 37.7 Å². The van der Waals surface area contributed by atoms with E-state index in [2.05, 4.69) is 23.5 Å². The van der Waals surface area contributed by atoms with Gasteiger partial charge in [-0.05, 0) is 107 Å². The van der Waals surface area contributed by atoms with Crippen LogP contribution in [0.4, 0.5) is 0 Å². The summed E-state index contributed by atoms with van der Waals surface area (Å²) < 4.78 is 45.8. The lowest BCUT2D eigenvalue weighted by molar-refractivity contribution is -0.0909. The molecule has 8 unspecified atom stereocenters. The van der Waals surface area contributed by atoms with Crippen LogP contribution in [0.3, 0.4) is 0 Å². The number of hydrogen-bond donors (Lipinski definition) is 1. The minimum atomic E-state index is -3.19. The van der Waals surface area contributed by atoms with Crippen LogP contribution in [0.2, 0.25) is 0 Å². The van der Waals surface area contributed by atoms with Crippen molar-refractivity contribution in [2.24, 2.45) is 29.6 Å². The molecule has 8 atom stereocenters. The van der Waals surface area contributed by atoms with Crippen LogP contribution in [-0.2, 0) is 24.2 Å². The molecule has 7 nitrogen and oxygen atoms in total. The molecule has 0 radical (unpaired) electrons. The van der Waals surface area contributed by atoms with Crippen molar-refractivity contribution in [1.29, 1.82) is 0 Å². The van der Waals surface area contributed by atoms with E-state index in [4.69, 9.17) is 14.2 Å². The van der Waals surface area contributed by atoms with Crippen molar-refractivity contribution < 1.29 is 22.6 Å². The van der Waals surface area contributed by atoms with Crippen LogP contribution < -0.4 is 4.72 Å². The Morgan fingerprint density at radius 1 is 0.762 bits per heavy atom. The van der Waals surface area contributed by atoms with Gasteiger partial charge in [0.05, 0.1) is 37.8 Å². The topological polar surface area (TPSA) is 77.1 Å². The molecule has 5 aliphatic rings. The van der Waals surface area contributed by atoms with Crippen molar-refractivity contribution in [3.8, 4) is 0 Å². The molecular weight excluding hydrogens is 548 g/mol. The molecule has 8 heteroatoms. The summed E-state index contributed by atoms with van der Waals surface area (Å²) in [6, 6.07) is 0.532. The summed E-state index contributed by atoms with van der Waals surface area (Å²) in [5, 5.41) is 0. The van der Waals surface area contributed by atoms with Gasteiger partial charge in [-0.15, -0.1) is 0 Å². The highest BCUT2D eigenvalue weighted by Crippen LogP contribution is 2.37. The molecule has 4 saturated carbocycles. The number of sulfonamides is 1. The van der Waals surface area contributed by atoms with Gasteiger partial charge < -0.3 is 14.2 Å². The summed E-state index contributed by atoms with van der Waals surface area (Å²) in [5.41, 5.74) is 0. The molecule has 0 amide bonds. The minimum Gasteiger partial charge on any atom is -0.381 e. The highest BCUT2D eigenvalue weighted by atomic mass is 32.2. The van der Waals surface area contributed by atoms with Crippen molar-refractivity contribution in [3.63, 3.8) is 0 Å². The van der Waals surface area contributed by atoms with Crippen LogP contribution in [0.15, 0.2) is 0 Å². The maximum absolute atomic E-state index is 12.1. The third-order valence-electron chi connectivity index (χ3n) is 11.5. The van der Waals surface area contributed by atoms with Crippen LogP contribution in [0, 0.1) is 29.6 Å². The Balaban J connectivity index is 1.12. The van der Waals surface area contributed by atoms with Crippen LogP contribution in [0.1, 0.15) is 117 Å². The molecule has 1 saturated heterocycles. The Bertz CT molecular complexity index is 904. The fourth-order valence-electron chi connectivity index (χ4n) is 9.12. The van der Waals surface area contributed by atoms with Crippen LogP contribution in [-0.4, -0.2) is 82.9 Å². The van der Waals surface area contributed by atoms with Gasteiger partial charge in [-0.3, -0.25) is 4.90 Å². The van der Waals surface area contributed by atoms with E-state index in [1.165, 1.54) is 96.4 Å². The van der Waals surface area contributed by atoms with Gasteiger partial charge in [0.1, 0.15) is 0 Å². The van der Waals surface area contributed by atoms with E-state index in [0.717, 1.165) is 63.3 Å². The van der Waals surface area contributed by atoms with Gasteiger partial charge in [-0.25, -0.2) is 13.1 Å². The first kappa shape index (κ1) is 33.1. The lowest BCUT2D eigenvalue weighted by Gasteiger charge is -2.46. The minimum absolute atomic E-state index is 0.0606. The number of nitrogens with zero attached hydrogens (tertiary/aromatic N) is 1. The molecule has 0 spiro atoms. The van der Waals surface area contributed by atoms with E-state index in [1.54, 1.807) is 0 Å². The Labute approximate surface area is 257 Å². The van der Waals surface area contributed by atoms with Crippen molar-refractivity contribution >= 4 is 10.0 Å². The summed E-state index contributed by atoms with van der Waals surface area (Å²) in [5.74, 6) is 3.27. The highest BCUT2D eigenvalue weighted by Gasteiger charge is 2.38. The number of nitrogens with one attached hydrogen (secondary N) is 1. The second kappa shape index (κ2) is 15.8. The molecule has 4 aliphatic carbocycles. The largest absolute Gasteiger partial charge is 0.381 e. The van der Waals surface area contributed by atoms with E-state index in [9.17, 15) is 8.42 Å². The zero-order chi connectivity index (χ0) is 29.5. The standard InChI is InChI=1S/C34H62N2O5S/c1-25-7-4-8-28(19-25)22-36(34-12-6-11-33(26(34)2)35-42(3,37)38)21-27-13-15-30(16-14-27)41-32-10-5-9-31(20-32)40-24-29-17-18-39-23-29/h25-35H,4-24H2,1-3H3. The molecule has 5 rings (SSSR count). The lowest BCUT2D eigenvalue weighted by Crippen LogP contribution is -2.54. The third-order valence-corrected chi connectivity index (χ3v) is 12.2.